The number of benzene rings is 2. The second-order valence-corrected chi connectivity index (χ2v) is 13.9. The van der Waals surface area contributed by atoms with E-state index in [0.717, 1.165) is 68.3 Å². The van der Waals surface area contributed by atoms with Crippen molar-refractivity contribution in [3.63, 3.8) is 0 Å². The van der Waals surface area contributed by atoms with Gasteiger partial charge in [-0.15, -0.1) is 0 Å². The fraction of sp³-hybridized carbons (Fsp3) is 0.571. The number of nitrogens with one attached hydrogen (secondary N) is 1. The van der Waals surface area contributed by atoms with Gasteiger partial charge in [0, 0.05) is 32.2 Å². The molecule has 44 heavy (non-hydrogen) atoms. The summed E-state index contributed by atoms with van der Waals surface area (Å²) in [6, 6.07) is 15.8. The number of H-pyrrole nitrogens is 1. The van der Waals surface area contributed by atoms with Crippen LogP contribution < -0.4 is 5.69 Å². The highest BCUT2D eigenvalue weighted by molar-refractivity contribution is 5.90. The maximum atomic E-state index is 14.3. The fourth-order valence-electron chi connectivity index (χ4n) is 7.56. The number of carbonyl (C=O) groups is 2. The maximum absolute atomic E-state index is 14.3. The van der Waals surface area contributed by atoms with Gasteiger partial charge in [-0.1, -0.05) is 43.5 Å². The predicted octanol–water partition coefficient (Wildman–Crippen LogP) is 5.14. The number of amides is 1. The SMILES string of the molecule is CC(C)(C)OC(=O)c1cccc(CN2CN(C3CCCCC3)C3(CCN(CCCn4c(=O)[nH]c5ccccc54)CC3)C2=O)c1. The van der Waals surface area contributed by atoms with Gasteiger partial charge in [0.25, 0.3) is 0 Å². The number of piperidine rings is 1. The second-order valence-electron chi connectivity index (χ2n) is 13.9. The van der Waals surface area contributed by atoms with Crippen molar-refractivity contribution in [1.29, 1.82) is 0 Å². The number of hydrogen-bond acceptors (Lipinski definition) is 6. The van der Waals surface area contributed by atoms with E-state index in [9.17, 15) is 14.4 Å². The summed E-state index contributed by atoms with van der Waals surface area (Å²) in [7, 11) is 0. The number of fused-ring (bicyclic) bond motifs is 1. The van der Waals surface area contributed by atoms with Crippen molar-refractivity contribution in [1.82, 2.24) is 24.3 Å². The number of imidazole rings is 1. The lowest BCUT2D eigenvalue weighted by Crippen LogP contribution is -2.59. The number of ether oxygens (including phenoxy) is 1. The molecule has 3 aromatic rings. The van der Waals surface area contributed by atoms with Crippen LogP contribution in [0.5, 0.6) is 0 Å². The molecule has 2 saturated heterocycles. The second kappa shape index (κ2) is 12.5. The summed E-state index contributed by atoms with van der Waals surface area (Å²) in [5.41, 5.74) is 2.22. The highest BCUT2D eigenvalue weighted by Gasteiger charge is 2.55. The minimum absolute atomic E-state index is 0.0554. The van der Waals surface area contributed by atoms with Gasteiger partial charge in [0.1, 0.15) is 11.1 Å². The van der Waals surface area contributed by atoms with Crippen LogP contribution in [0, 0.1) is 0 Å². The lowest BCUT2D eigenvalue weighted by Gasteiger charge is -2.46. The number of nitrogens with zero attached hydrogens (tertiary/aromatic N) is 4. The van der Waals surface area contributed by atoms with E-state index in [1.807, 2.05) is 72.7 Å². The Morgan fingerprint density at radius 2 is 1.73 bits per heavy atom. The molecule has 3 fully saturated rings. The van der Waals surface area contributed by atoms with Crippen LogP contribution in [0.25, 0.3) is 11.0 Å². The Bertz CT molecular complexity index is 1540. The molecule has 1 saturated carbocycles. The third-order valence-corrected chi connectivity index (χ3v) is 9.73. The van der Waals surface area contributed by atoms with Gasteiger partial charge in [-0.05, 0) is 89.2 Å². The van der Waals surface area contributed by atoms with Gasteiger partial charge in [-0.3, -0.25) is 14.3 Å². The summed E-state index contributed by atoms with van der Waals surface area (Å²) in [5, 5.41) is 0. The Balaban J connectivity index is 1.12. The van der Waals surface area contributed by atoms with Crippen molar-refractivity contribution >= 4 is 22.9 Å². The van der Waals surface area contributed by atoms with E-state index in [-0.39, 0.29) is 17.6 Å². The zero-order chi connectivity index (χ0) is 30.9. The van der Waals surface area contributed by atoms with Crippen molar-refractivity contribution in [3.05, 3.63) is 70.1 Å². The number of rotatable bonds is 8. The predicted molar refractivity (Wildman–Crippen MR) is 171 cm³/mol. The highest BCUT2D eigenvalue weighted by Crippen LogP contribution is 2.41. The molecule has 236 valence electrons. The number of hydrogen-bond donors (Lipinski definition) is 1. The Morgan fingerprint density at radius 3 is 2.48 bits per heavy atom. The molecule has 1 N–H and O–H groups in total. The average molecular weight is 602 g/mol. The number of likely N-dealkylation sites (tertiary alicyclic amines) is 1. The third-order valence-electron chi connectivity index (χ3n) is 9.73. The van der Waals surface area contributed by atoms with Gasteiger partial charge in [0.05, 0.1) is 23.3 Å². The van der Waals surface area contributed by atoms with Crippen LogP contribution in [0.2, 0.25) is 0 Å². The number of aromatic nitrogens is 2. The number of carbonyl (C=O) groups excluding carboxylic acids is 2. The maximum Gasteiger partial charge on any atom is 0.338 e. The first kappa shape index (κ1) is 30.6. The van der Waals surface area contributed by atoms with Crippen LogP contribution in [-0.4, -0.2) is 79.6 Å². The monoisotopic (exact) mass is 601 g/mol. The normalized spacial score (nSPS) is 20.2. The van der Waals surface area contributed by atoms with E-state index in [0.29, 0.717) is 31.4 Å². The molecule has 1 aliphatic carbocycles. The Hall–Kier alpha value is -3.43. The van der Waals surface area contributed by atoms with E-state index < -0.39 is 11.1 Å². The molecule has 1 spiro atoms. The summed E-state index contributed by atoms with van der Waals surface area (Å²) < 4.78 is 7.42. The van der Waals surface area contributed by atoms with Crippen LogP contribution in [-0.2, 0) is 22.6 Å². The molecule has 0 unspecified atom stereocenters. The van der Waals surface area contributed by atoms with E-state index in [1.54, 1.807) is 6.07 Å². The standard InChI is InChI=1S/C35H47N5O4/c1-34(2,3)44-31(41)27-12-9-11-26(23-27)24-38-25-40(28-13-5-4-6-14-28)35(32(38)42)17-21-37(22-18-35)19-10-20-39-30-16-8-7-15-29(30)36-33(39)43/h7-9,11-12,15-16,23,28H,4-6,10,13-14,17-22,24-25H2,1-3H3,(H,36,43). The lowest BCUT2D eigenvalue weighted by molar-refractivity contribution is -0.137. The van der Waals surface area contributed by atoms with Gasteiger partial charge in [0.15, 0.2) is 0 Å². The van der Waals surface area contributed by atoms with E-state index in [2.05, 4.69) is 14.8 Å². The molecule has 3 aliphatic rings. The van der Waals surface area contributed by atoms with Crippen LogP contribution in [0.1, 0.15) is 88.1 Å². The summed E-state index contributed by atoms with van der Waals surface area (Å²) in [4.78, 5) is 49.5. The first-order chi connectivity index (χ1) is 21.1. The molecule has 1 aromatic heterocycles. The zero-order valence-corrected chi connectivity index (χ0v) is 26.5. The summed E-state index contributed by atoms with van der Waals surface area (Å²) in [6.45, 7) is 10.1. The number of aromatic amines is 1. The quantitative estimate of drug-likeness (QED) is 0.360. The highest BCUT2D eigenvalue weighted by atomic mass is 16.6. The van der Waals surface area contributed by atoms with Crippen molar-refractivity contribution < 1.29 is 14.3 Å². The van der Waals surface area contributed by atoms with Gasteiger partial charge >= 0.3 is 11.7 Å². The van der Waals surface area contributed by atoms with E-state index in [1.165, 1.54) is 19.3 Å². The van der Waals surface area contributed by atoms with Gasteiger partial charge in [0.2, 0.25) is 5.91 Å². The van der Waals surface area contributed by atoms with Crippen molar-refractivity contribution in [2.45, 2.75) is 102 Å². The minimum atomic E-state index is -0.562. The Morgan fingerprint density at radius 1 is 0.977 bits per heavy atom. The number of esters is 1. The van der Waals surface area contributed by atoms with Crippen LogP contribution >= 0.6 is 0 Å². The lowest BCUT2D eigenvalue weighted by atomic mass is 9.82. The summed E-state index contributed by atoms with van der Waals surface area (Å²) >= 11 is 0. The Labute approximate surface area is 260 Å². The first-order valence-corrected chi connectivity index (χ1v) is 16.4. The first-order valence-electron chi connectivity index (χ1n) is 16.4. The van der Waals surface area contributed by atoms with Gasteiger partial charge in [-0.25, -0.2) is 9.59 Å². The molecule has 0 atom stereocenters. The molecule has 9 heteroatoms. The average Bonchev–Trinajstić information content (AvgIpc) is 3.46. The fourth-order valence-corrected chi connectivity index (χ4v) is 7.56. The Kier molecular flexibility index (Phi) is 8.70. The molecule has 2 aliphatic heterocycles. The van der Waals surface area contributed by atoms with Gasteiger partial charge < -0.3 is 19.5 Å². The number of aryl methyl sites for hydroxylation is 1. The van der Waals surface area contributed by atoms with Crippen molar-refractivity contribution in [2.75, 3.05) is 26.3 Å². The van der Waals surface area contributed by atoms with Crippen molar-refractivity contribution in [3.8, 4) is 0 Å². The van der Waals surface area contributed by atoms with Gasteiger partial charge in [-0.2, -0.15) is 0 Å². The molecule has 0 radical (unpaired) electrons. The van der Waals surface area contributed by atoms with E-state index >= 15 is 0 Å². The smallest absolute Gasteiger partial charge is 0.338 e. The third kappa shape index (κ3) is 6.35. The molecule has 2 aromatic carbocycles. The van der Waals surface area contributed by atoms with Crippen molar-refractivity contribution in [2.24, 2.45) is 0 Å². The van der Waals surface area contributed by atoms with E-state index in [4.69, 9.17) is 4.74 Å². The molecule has 0 bridgehead atoms. The molecule has 1 amide bonds. The van der Waals surface area contributed by atoms with Crippen LogP contribution in [0.4, 0.5) is 0 Å². The largest absolute Gasteiger partial charge is 0.456 e. The molecular weight excluding hydrogens is 554 g/mol. The van der Waals surface area contributed by atoms with Crippen LogP contribution in [0.3, 0.4) is 0 Å². The molecule has 6 rings (SSSR count). The minimum Gasteiger partial charge on any atom is -0.456 e. The molecule has 3 heterocycles. The zero-order valence-electron chi connectivity index (χ0n) is 26.5. The topological polar surface area (TPSA) is 90.9 Å². The number of para-hydroxylation sites is 2. The molecular formula is C35H47N5O4. The van der Waals surface area contributed by atoms with Crippen LogP contribution in [0.15, 0.2) is 53.3 Å². The summed E-state index contributed by atoms with van der Waals surface area (Å²) in [5.74, 6) is -0.106. The summed E-state index contributed by atoms with van der Waals surface area (Å²) in [6.07, 6.45) is 8.56. The molecule has 9 nitrogen and oxygen atoms in total.